The van der Waals surface area contributed by atoms with Crippen LogP contribution in [0.4, 0.5) is 5.13 Å². The van der Waals surface area contributed by atoms with Gasteiger partial charge < -0.3 is 0 Å². The molecule has 2 aromatic rings. The third kappa shape index (κ3) is 5.40. The quantitative estimate of drug-likeness (QED) is 0.582. The Morgan fingerprint density at radius 2 is 2.00 bits per heavy atom. The van der Waals surface area contributed by atoms with Gasteiger partial charge in [-0.2, -0.15) is 0 Å². The summed E-state index contributed by atoms with van der Waals surface area (Å²) in [6.07, 6.45) is 4.28. The molecule has 1 aromatic heterocycles. The van der Waals surface area contributed by atoms with E-state index in [4.69, 9.17) is 11.6 Å². The number of carbonyl (C=O) groups is 1. The van der Waals surface area contributed by atoms with Gasteiger partial charge in [-0.15, -0.1) is 10.2 Å². The molecular formula is C15H16ClN3O3S2. The van der Waals surface area contributed by atoms with Crippen LogP contribution in [-0.2, 0) is 14.6 Å². The Morgan fingerprint density at radius 1 is 1.29 bits per heavy atom. The van der Waals surface area contributed by atoms with Crippen molar-refractivity contribution in [2.45, 2.75) is 24.1 Å². The van der Waals surface area contributed by atoms with Gasteiger partial charge in [0.15, 0.2) is 0 Å². The highest BCUT2D eigenvalue weighted by Gasteiger charge is 2.20. The van der Waals surface area contributed by atoms with Gasteiger partial charge >= 0.3 is 0 Å². The molecule has 0 aliphatic heterocycles. The highest BCUT2D eigenvalue weighted by Crippen LogP contribution is 2.21. The second-order valence-electron chi connectivity index (χ2n) is 4.92. The minimum atomic E-state index is -3.43. The molecule has 0 atom stereocenters. The van der Waals surface area contributed by atoms with Gasteiger partial charge in [0.2, 0.25) is 25.2 Å². The monoisotopic (exact) mass is 385 g/mol. The summed E-state index contributed by atoms with van der Waals surface area (Å²) >= 11 is 6.63. The molecular weight excluding hydrogens is 370 g/mol. The molecule has 1 amide bonds. The van der Waals surface area contributed by atoms with E-state index in [2.05, 4.69) is 15.5 Å². The fourth-order valence-corrected chi connectivity index (χ4v) is 4.31. The molecule has 1 N–H and O–H groups in total. The third-order valence-corrected chi connectivity index (χ3v) is 6.30. The lowest BCUT2D eigenvalue weighted by Gasteiger charge is -1.97. The van der Waals surface area contributed by atoms with Crippen molar-refractivity contribution in [1.29, 1.82) is 0 Å². The predicted octanol–water partition coefficient (Wildman–Crippen LogP) is 3.42. The fourth-order valence-electron chi connectivity index (χ4n) is 1.70. The van der Waals surface area contributed by atoms with Crippen molar-refractivity contribution in [3.05, 3.63) is 40.9 Å². The van der Waals surface area contributed by atoms with Gasteiger partial charge in [-0.25, -0.2) is 8.42 Å². The van der Waals surface area contributed by atoms with Gasteiger partial charge in [0, 0.05) is 11.1 Å². The highest BCUT2D eigenvalue weighted by molar-refractivity contribution is 7.93. The number of amides is 1. The van der Waals surface area contributed by atoms with E-state index in [1.165, 1.54) is 6.08 Å². The molecule has 1 heterocycles. The molecule has 128 valence electrons. The van der Waals surface area contributed by atoms with Crippen LogP contribution in [0.2, 0.25) is 5.02 Å². The number of rotatable bonds is 7. The average Bonchev–Trinajstić information content (AvgIpc) is 3.02. The topological polar surface area (TPSA) is 89.0 Å². The summed E-state index contributed by atoms with van der Waals surface area (Å²) in [5.41, 5.74) is 0.814. The molecule has 0 fully saturated rings. The minimum Gasteiger partial charge on any atom is -0.297 e. The molecule has 0 aliphatic rings. The molecule has 0 aliphatic carbocycles. The van der Waals surface area contributed by atoms with E-state index in [9.17, 15) is 13.2 Å². The van der Waals surface area contributed by atoms with Crippen LogP contribution in [0.15, 0.2) is 34.7 Å². The Kier molecular flexibility index (Phi) is 6.47. The van der Waals surface area contributed by atoms with Gasteiger partial charge in [-0.3, -0.25) is 10.1 Å². The van der Waals surface area contributed by atoms with Crippen molar-refractivity contribution in [3.63, 3.8) is 0 Å². The predicted molar refractivity (Wildman–Crippen MR) is 96.0 cm³/mol. The first kappa shape index (κ1) is 18.6. The first-order valence-corrected chi connectivity index (χ1v) is 10.1. The lowest BCUT2D eigenvalue weighted by atomic mass is 10.2. The molecule has 0 bridgehead atoms. The van der Waals surface area contributed by atoms with E-state index in [0.717, 1.165) is 23.3 Å². The normalized spacial score (nSPS) is 11.8. The second-order valence-corrected chi connectivity index (χ2v) is 8.62. The number of unbranched alkanes of at least 4 members (excludes halogenated alkanes) is 1. The van der Waals surface area contributed by atoms with Crippen molar-refractivity contribution in [2.24, 2.45) is 0 Å². The average molecular weight is 386 g/mol. The highest BCUT2D eigenvalue weighted by atomic mass is 35.5. The number of nitrogens with one attached hydrogen (secondary N) is 1. The lowest BCUT2D eigenvalue weighted by Crippen LogP contribution is -2.07. The number of aromatic nitrogens is 2. The Bertz CT molecular complexity index is 830. The fraction of sp³-hybridized carbons (Fsp3) is 0.267. The summed E-state index contributed by atoms with van der Waals surface area (Å²) in [5.74, 6) is -0.388. The SMILES string of the molecule is CCCCS(=O)(=O)c1nnc(NC(=O)C=Cc2ccc(Cl)cc2)s1. The van der Waals surface area contributed by atoms with Gasteiger partial charge in [0.1, 0.15) is 0 Å². The molecule has 24 heavy (non-hydrogen) atoms. The smallest absolute Gasteiger partial charge is 0.250 e. The summed E-state index contributed by atoms with van der Waals surface area (Å²) in [6.45, 7) is 1.91. The zero-order chi connectivity index (χ0) is 17.6. The number of hydrogen-bond donors (Lipinski definition) is 1. The maximum atomic E-state index is 12.0. The number of sulfone groups is 1. The van der Waals surface area contributed by atoms with E-state index in [1.54, 1.807) is 30.3 Å². The molecule has 0 radical (unpaired) electrons. The van der Waals surface area contributed by atoms with Crippen LogP contribution >= 0.6 is 22.9 Å². The molecule has 0 spiro atoms. The van der Waals surface area contributed by atoms with Crippen molar-refractivity contribution in [2.75, 3.05) is 11.1 Å². The van der Waals surface area contributed by atoms with E-state index < -0.39 is 15.7 Å². The summed E-state index contributed by atoms with van der Waals surface area (Å²) < 4.78 is 23.9. The summed E-state index contributed by atoms with van der Waals surface area (Å²) in [5, 5.41) is 10.6. The van der Waals surface area contributed by atoms with Crippen LogP contribution in [0.25, 0.3) is 6.08 Å². The lowest BCUT2D eigenvalue weighted by molar-refractivity contribution is -0.111. The van der Waals surface area contributed by atoms with E-state index in [0.29, 0.717) is 11.4 Å². The molecule has 0 saturated heterocycles. The van der Waals surface area contributed by atoms with Crippen molar-refractivity contribution in [1.82, 2.24) is 10.2 Å². The molecule has 2 rings (SSSR count). The van der Waals surface area contributed by atoms with Crippen LogP contribution in [0.1, 0.15) is 25.3 Å². The Labute approximate surface area is 149 Å². The van der Waals surface area contributed by atoms with E-state index in [1.807, 2.05) is 6.92 Å². The molecule has 9 heteroatoms. The largest absolute Gasteiger partial charge is 0.297 e. The first-order valence-electron chi connectivity index (χ1n) is 7.21. The number of hydrogen-bond acceptors (Lipinski definition) is 6. The van der Waals surface area contributed by atoms with E-state index >= 15 is 0 Å². The molecule has 0 saturated carbocycles. The third-order valence-electron chi connectivity index (χ3n) is 2.97. The van der Waals surface area contributed by atoms with Gasteiger partial charge in [-0.1, -0.05) is 48.4 Å². The van der Waals surface area contributed by atoms with Crippen LogP contribution in [-0.4, -0.2) is 30.3 Å². The molecule has 0 unspecified atom stereocenters. The van der Waals surface area contributed by atoms with E-state index in [-0.39, 0.29) is 15.2 Å². The second kappa shape index (κ2) is 8.36. The maximum Gasteiger partial charge on any atom is 0.250 e. The Hall–Kier alpha value is -1.77. The van der Waals surface area contributed by atoms with Crippen LogP contribution in [0.3, 0.4) is 0 Å². The molecule has 6 nitrogen and oxygen atoms in total. The maximum absolute atomic E-state index is 12.0. The Morgan fingerprint density at radius 3 is 2.67 bits per heavy atom. The zero-order valence-electron chi connectivity index (χ0n) is 12.9. The standard InChI is InChI=1S/C15H16ClN3O3S2/c1-2-3-10-24(21,22)15-19-18-14(23-15)17-13(20)9-6-11-4-7-12(16)8-5-11/h4-9H,2-3,10H2,1H3,(H,17,18,20). The summed E-state index contributed by atoms with van der Waals surface area (Å²) in [7, 11) is -3.43. The van der Waals surface area contributed by atoms with Crippen molar-refractivity contribution < 1.29 is 13.2 Å². The van der Waals surface area contributed by atoms with Crippen molar-refractivity contribution in [3.8, 4) is 0 Å². The number of anilines is 1. The van der Waals surface area contributed by atoms with Crippen molar-refractivity contribution >= 4 is 49.9 Å². The van der Waals surface area contributed by atoms with Crippen LogP contribution in [0, 0.1) is 0 Å². The number of carbonyl (C=O) groups excluding carboxylic acids is 1. The van der Waals surface area contributed by atoms with Gasteiger partial charge in [-0.05, 0) is 30.2 Å². The summed E-state index contributed by atoms with van der Waals surface area (Å²) in [4.78, 5) is 11.8. The van der Waals surface area contributed by atoms with Gasteiger partial charge in [0.05, 0.1) is 5.75 Å². The molecule has 1 aromatic carbocycles. The van der Waals surface area contributed by atoms with Crippen LogP contribution < -0.4 is 5.32 Å². The Balaban J connectivity index is 1.99. The summed E-state index contributed by atoms with van der Waals surface area (Å²) in [6, 6.07) is 6.99. The van der Waals surface area contributed by atoms with Gasteiger partial charge in [0.25, 0.3) is 0 Å². The number of halogens is 1. The van der Waals surface area contributed by atoms with Crippen LogP contribution in [0.5, 0.6) is 0 Å². The number of benzene rings is 1. The minimum absolute atomic E-state index is 0.0303. The first-order chi connectivity index (χ1) is 11.4. The zero-order valence-corrected chi connectivity index (χ0v) is 15.3. The number of nitrogens with zero attached hydrogens (tertiary/aromatic N) is 2.